The van der Waals surface area contributed by atoms with Crippen molar-refractivity contribution in [1.82, 2.24) is 4.98 Å². The molecule has 0 unspecified atom stereocenters. The van der Waals surface area contributed by atoms with Gasteiger partial charge in [-0.25, -0.2) is 4.98 Å². The summed E-state index contributed by atoms with van der Waals surface area (Å²) in [6, 6.07) is 13.5. The van der Waals surface area contributed by atoms with Crippen molar-refractivity contribution in [3.63, 3.8) is 0 Å². The molecule has 0 aliphatic carbocycles. The highest BCUT2D eigenvalue weighted by Crippen LogP contribution is 2.30. The number of halogens is 1. The number of benzene rings is 2. The van der Waals surface area contributed by atoms with E-state index in [9.17, 15) is 4.79 Å². The van der Waals surface area contributed by atoms with Gasteiger partial charge in [0.25, 0.3) is 0 Å². The molecule has 4 nitrogen and oxygen atoms in total. The molecule has 6 heteroatoms. The van der Waals surface area contributed by atoms with Crippen LogP contribution in [0.5, 0.6) is 0 Å². The minimum Gasteiger partial charge on any atom is -0.331 e. The van der Waals surface area contributed by atoms with E-state index in [0.717, 1.165) is 46.2 Å². The highest BCUT2D eigenvalue weighted by atomic mass is 35.5. The van der Waals surface area contributed by atoms with Crippen molar-refractivity contribution in [2.75, 3.05) is 10.6 Å². The summed E-state index contributed by atoms with van der Waals surface area (Å²) in [6.45, 7) is 4.10. The molecule has 140 valence electrons. The minimum absolute atomic E-state index is 0.0473. The van der Waals surface area contributed by atoms with Crippen molar-refractivity contribution in [3.8, 4) is 11.3 Å². The lowest BCUT2D eigenvalue weighted by Gasteiger charge is -2.07. The second-order valence-electron chi connectivity index (χ2n) is 6.35. The number of rotatable bonds is 7. The van der Waals surface area contributed by atoms with Crippen molar-refractivity contribution >= 4 is 45.4 Å². The molecule has 1 heterocycles. The molecule has 3 rings (SSSR count). The van der Waals surface area contributed by atoms with Crippen LogP contribution in [0.4, 0.5) is 16.5 Å². The topological polar surface area (TPSA) is 54.0 Å². The van der Waals surface area contributed by atoms with Gasteiger partial charge < -0.3 is 10.6 Å². The number of aromatic nitrogens is 1. The summed E-state index contributed by atoms with van der Waals surface area (Å²) >= 11 is 7.62. The number of anilines is 3. The average Bonchev–Trinajstić information content (AvgIpc) is 3.12. The molecule has 3 aromatic rings. The Hall–Kier alpha value is -2.37. The monoisotopic (exact) mass is 399 g/mol. The third-order valence-electron chi connectivity index (χ3n) is 4.14. The number of hydrogen-bond donors (Lipinski definition) is 2. The molecule has 2 N–H and O–H groups in total. The van der Waals surface area contributed by atoms with Gasteiger partial charge in [-0.2, -0.15) is 0 Å². The lowest BCUT2D eigenvalue weighted by Crippen LogP contribution is -2.10. The van der Waals surface area contributed by atoms with Crippen LogP contribution in [-0.4, -0.2) is 10.9 Å². The average molecular weight is 400 g/mol. The van der Waals surface area contributed by atoms with Gasteiger partial charge in [0.2, 0.25) is 5.91 Å². The van der Waals surface area contributed by atoms with Gasteiger partial charge >= 0.3 is 0 Å². The number of unbranched alkanes of at least 4 members (excludes halogenated alkanes) is 1. The number of aryl methyl sites for hydroxylation is 1. The Kier molecular flexibility index (Phi) is 6.48. The first-order valence-corrected chi connectivity index (χ1v) is 10.2. The molecule has 0 aliphatic rings. The van der Waals surface area contributed by atoms with Crippen LogP contribution in [0.1, 0.15) is 31.7 Å². The SMILES string of the molecule is CCCCC(=O)Nc1cccc(-c2csc(Nc3cc(Cl)ccc3C)n2)c1. The fourth-order valence-corrected chi connectivity index (χ4v) is 3.53. The first-order chi connectivity index (χ1) is 13.0. The van der Waals surface area contributed by atoms with Crippen LogP contribution in [0.25, 0.3) is 11.3 Å². The van der Waals surface area contributed by atoms with Crippen LogP contribution in [0.2, 0.25) is 5.02 Å². The Bertz CT molecular complexity index is 939. The van der Waals surface area contributed by atoms with Crippen LogP contribution in [0, 0.1) is 6.92 Å². The van der Waals surface area contributed by atoms with E-state index in [2.05, 4.69) is 22.5 Å². The molecule has 2 aromatic carbocycles. The Morgan fingerprint density at radius 2 is 2.07 bits per heavy atom. The predicted molar refractivity (Wildman–Crippen MR) is 115 cm³/mol. The number of carbonyl (C=O) groups is 1. The molecule has 0 radical (unpaired) electrons. The van der Waals surface area contributed by atoms with Crippen molar-refractivity contribution < 1.29 is 4.79 Å². The van der Waals surface area contributed by atoms with Gasteiger partial charge in [-0.1, -0.05) is 43.1 Å². The fourth-order valence-electron chi connectivity index (χ4n) is 2.62. The molecule has 1 aromatic heterocycles. The van der Waals surface area contributed by atoms with Gasteiger partial charge in [0, 0.05) is 33.8 Å². The normalized spacial score (nSPS) is 10.6. The van der Waals surface area contributed by atoms with E-state index < -0.39 is 0 Å². The summed E-state index contributed by atoms with van der Waals surface area (Å²) < 4.78 is 0. The zero-order valence-corrected chi connectivity index (χ0v) is 17.0. The molecule has 0 saturated carbocycles. The van der Waals surface area contributed by atoms with E-state index in [4.69, 9.17) is 11.6 Å². The number of amides is 1. The van der Waals surface area contributed by atoms with E-state index in [0.29, 0.717) is 11.4 Å². The molecule has 0 aliphatic heterocycles. The van der Waals surface area contributed by atoms with Crippen LogP contribution < -0.4 is 10.6 Å². The second kappa shape index (κ2) is 9.02. The van der Waals surface area contributed by atoms with E-state index in [-0.39, 0.29) is 5.91 Å². The van der Waals surface area contributed by atoms with E-state index in [1.165, 1.54) is 11.3 Å². The van der Waals surface area contributed by atoms with E-state index >= 15 is 0 Å². The molecule has 0 spiro atoms. The minimum atomic E-state index is 0.0473. The number of nitrogens with one attached hydrogen (secondary N) is 2. The summed E-state index contributed by atoms with van der Waals surface area (Å²) in [5.41, 5.74) is 4.68. The highest BCUT2D eigenvalue weighted by Gasteiger charge is 2.08. The molecule has 27 heavy (non-hydrogen) atoms. The second-order valence-corrected chi connectivity index (χ2v) is 7.65. The summed E-state index contributed by atoms with van der Waals surface area (Å²) in [7, 11) is 0. The Morgan fingerprint density at radius 3 is 2.89 bits per heavy atom. The van der Waals surface area contributed by atoms with Crippen LogP contribution in [0.15, 0.2) is 47.8 Å². The third kappa shape index (κ3) is 5.31. The van der Waals surface area contributed by atoms with Crippen LogP contribution in [0.3, 0.4) is 0 Å². The van der Waals surface area contributed by atoms with Gasteiger partial charge in [0.05, 0.1) is 5.69 Å². The molecule has 1 amide bonds. The summed E-state index contributed by atoms with van der Waals surface area (Å²) in [5.74, 6) is 0.0473. The zero-order valence-electron chi connectivity index (χ0n) is 15.4. The van der Waals surface area contributed by atoms with Crippen molar-refractivity contribution in [2.24, 2.45) is 0 Å². The Labute approximate surface area is 168 Å². The molecular formula is C21H22ClN3OS. The van der Waals surface area contributed by atoms with Gasteiger partial charge in [-0.05, 0) is 43.2 Å². The summed E-state index contributed by atoms with van der Waals surface area (Å²) in [4.78, 5) is 16.6. The van der Waals surface area contributed by atoms with Gasteiger partial charge in [0.1, 0.15) is 0 Å². The lowest BCUT2D eigenvalue weighted by molar-refractivity contribution is -0.116. The van der Waals surface area contributed by atoms with Gasteiger partial charge in [-0.3, -0.25) is 4.79 Å². The predicted octanol–water partition coefficient (Wildman–Crippen LogP) is 6.64. The quantitative estimate of drug-likeness (QED) is 0.468. The van der Waals surface area contributed by atoms with Crippen LogP contribution in [-0.2, 0) is 4.79 Å². The first-order valence-electron chi connectivity index (χ1n) is 8.94. The number of nitrogens with zero attached hydrogens (tertiary/aromatic N) is 1. The zero-order chi connectivity index (χ0) is 19.2. The Balaban J connectivity index is 1.73. The number of carbonyl (C=O) groups excluding carboxylic acids is 1. The Morgan fingerprint density at radius 1 is 1.22 bits per heavy atom. The van der Waals surface area contributed by atoms with Crippen molar-refractivity contribution in [3.05, 3.63) is 58.4 Å². The van der Waals surface area contributed by atoms with Gasteiger partial charge in [-0.15, -0.1) is 11.3 Å². The fraction of sp³-hybridized carbons (Fsp3) is 0.238. The lowest BCUT2D eigenvalue weighted by atomic mass is 10.1. The van der Waals surface area contributed by atoms with E-state index in [1.807, 2.05) is 54.8 Å². The summed E-state index contributed by atoms with van der Waals surface area (Å²) in [6.07, 6.45) is 2.45. The maximum atomic E-state index is 11.9. The van der Waals surface area contributed by atoms with Crippen molar-refractivity contribution in [2.45, 2.75) is 33.1 Å². The molecule has 0 fully saturated rings. The smallest absolute Gasteiger partial charge is 0.224 e. The molecular weight excluding hydrogens is 378 g/mol. The van der Waals surface area contributed by atoms with E-state index in [1.54, 1.807) is 0 Å². The maximum absolute atomic E-state index is 11.9. The first kappa shape index (κ1) is 19.4. The highest BCUT2D eigenvalue weighted by molar-refractivity contribution is 7.14. The van der Waals surface area contributed by atoms with Crippen LogP contribution >= 0.6 is 22.9 Å². The maximum Gasteiger partial charge on any atom is 0.224 e. The number of thiazole rings is 1. The standard InChI is InChI=1S/C21H22ClN3OS/c1-3-4-8-20(26)23-17-7-5-6-15(11-17)19-13-27-21(25-19)24-18-12-16(22)10-9-14(18)2/h5-7,9-13H,3-4,8H2,1-2H3,(H,23,26)(H,24,25). The molecule has 0 saturated heterocycles. The molecule has 0 atom stereocenters. The number of hydrogen-bond acceptors (Lipinski definition) is 4. The van der Waals surface area contributed by atoms with Crippen molar-refractivity contribution in [1.29, 1.82) is 0 Å². The summed E-state index contributed by atoms with van der Waals surface area (Å²) in [5, 5.41) is 9.77. The van der Waals surface area contributed by atoms with Gasteiger partial charge in [0.15, 0.2) is 5.13 Å². The largest absolute Gasteiger partial charge is 0.331 e. The third-order valence-corrected chi connectivity index (χ3v) is 5.14. The molecule has 0 bridgehead atoms.